The zero-order valence-electron chi connectivity index (χ0n) is 13.4. The van der Waals surface area contributed by atoms with Crippen LogP contribution in [0.3, 0.4) is 0 Å². The Hall–Kier alpha value is -2.43. The van der Waals surface area contributed by atoms with Crippen molar-refractivity contribution in [1.29, 1.82) is 0 Å². The first-order valence-electron chi connectivity index (χ1n) is 7.30. The molecule has 0 amide bonds. The first-order valence-corrected chi connectivity index (χ1v) is 7.30. The molecule has 1 heterocycles. The smallest absolute Gasteiger partial charge is 0.193 e. The van der Waals surface area contributed by atoms with E-state index in [-0.39, 0.29) is 0 Å². The van der Waals surface area contributed by atoms with Gasteiger partial charge in [0.2, 0.25) is 0 Å². The number of rotatable bonds is 6. The molecule has 118 valence electrons. The van der Waals surface area contributed by atoms with Crippen molar-refractivity contribution in [3.05, 3.63) is 54.0 Å². The van der Waals surface area contributed by atoms with Crippen LogP contribution in [0.1, 0.15) is 11.3 Å². The van der Waals surface area contributed by atoms with E-state index in [4.69, 9.17) is 9.15 Å². The van der Waals surface area contributed by atoms with Crippen LogP contribution < -0.4 is 10.1 Å². The Morgan fingerprint density at radius 3 is 2.64 bits per heavy atom. The molecule has 0 aliphatic heterocycles. The zero-order valence-corrected chi connectivity index (χ0v) is 13.4. The lowest BCUT2D eigenvalue weighted by Gasteiger charge is -2.22. The first kappa shape index (κ1) is 15.9. The van der Waals surface area contributed by atoms with Gasteiger partial charge in [-0.25, -0.2) is 0 Å². The molecule has 0 aliphatic rings. The summed E-state index contributed by atoms with van der Waals surface area (Å²) < 4.78 is 10.5. The Morgan fingerprint density at radius 2 is 2.05 bits per heavy atom. The molecule has 0 atom stereocenters. The molecule has 5 heteroatoms. The molecule has 0 saturated carbocycles. The van der Waals surface area contributed by atoms with Gasteiger partial charge in [-0.3, -0.25) is 4.99 Å². The standard InChI is InChI=1S/C17H23N3O2/c1-18-17(19-11-10-16-5-4-12-22-16)20(2)13-14-6-8-15(21-3)9-7-14/h4-9,12H,10-11,13H2,1-3H3,(H,18,19). The molecule has 0 spiro atoms. The number of hydrogen-bond donors (Lipinski definition) is 1. The quantitative estimate of drug-likeness (QED) is 0.658. The van der Waals surface area contributed by atoms with Gasteiger partial charge >= 0.3 is 0 Å². The lowest BCUT2D eigenvalue weighted by Crippen LogP contribution is -2.39. The summed E-state index contributed by atoms with van der Waals surface area (Å²) in [4.78, 5) is 6.40. The number of benzene rings is 1. The topological polar surface area (TPSA) is 50.0 Å². The number of guanidine groups is 1. The van der Waals surface area contributed by atoms with Crippen LogP contribution in [0, 0.1) is 0 Å². The highest BCUT2D eigenvalue weighted by atomic mass is 16.5. The van der Waals surface area contributed by atoms with Crippen molar-refractivity contribution in [2.45, 2.75) is 13.0 Å². The van der Waals surface area contributed by atoms with E-state index in [1.165, 1.54) is 5.56 Å². The SMILES string of the molecule is CN=C(NCCc1ccco1)N(C)Cc1ccc(OC)cc1. The summed E-state index contributed by atoms with van der Waals surface area (Å²) in [6, 6.07) is 11.9. The van der Waals surface area contributed by atoms with Crippen LogP contribution in [0.2, 0.25) is 0 Å². The Labute approximate surface area is 131 Å². The maximum Gasteiger partial charge on any atom is 0.193 e. The number of hydrogen-bond acceptors (Lipinski definition) is 3. The van der Waals surface area contributed by atoms with Crippen LogP contribution in [-0.4, -0.2) is 38.6 Å². The zero-order chi connectivity index (χ0) is 15.8. The van der Waals surface area contributed by atoms with E-state index >= 15 is 0 Å². The maximum atomic E-state index is 5.32. The largest absolute Gasteiger partial charge is 0.497 e. The predicted octanol–water partition coefficient (Wildman–Crippen LogP) is 2.54. The summed E-state index contributed by atoms with van der Waals surface area (Å²) in [6.45, 7) is 1.57. The van der Waals surface area contributed by atoms with E-state index in [0.717, 1.165) is 37.0 Å². The van der Waals surface area contributed by atoms with Crippen LogP contribution >= 0.6 is 0 Å². The summed E-state index contributed by atoms with van der Waals surface area (Å²) in [7, 11) is 5.48. The summed E-state index contributed by atoms with van der Waals surface area (Å²) >= 11 is 0. The van der Waals surface area contributed by atoms with Crippen molar-refractivity contribution in [1.82, 2.24) is 10.2 Å². The second-order valence-electron chi connectivity index (χ2n) is 5.01. The number of nitrogens with zero attached hydrogens (tertiary/aromatic N) is 2. The molecule has 2 rings (SSSR count). The number of methoxy groups -OCH3 is 1. The molecule has 0 saturated heterocycles. The fourth-order valence-electron chi connectivity index (χ4n) is 2.22. The molecule has 22 heavy (non-hydrogen) atoms. The Kier molecular flexibility index (Phi) is 5.89. The van der Waals surface area contributed by atoms with Gasteiger partial charge in [0.05, 0.1) is 13.4 Å². The first-order chi connectivity index (χ1) is 10.7. The summed E-state index contributed by atoms with van der Waals surface area (Å²) in [6.07, 6.45) is 2.53. The molecule has 0 unspecified atom stereocenters. The second kappa shape index (κ2) is 8.12. The predicted molar refractivity (Wildman–Crippen MR) is 88.2 cm³/mol. The van der Waals surface area contributed by atoms with Crippen molar-refractivity contribution >= 4 is 5.96 Å². The third kappa shape index (κ3) is 4.55. The van der Waals surface area contributed by atoms with Crippen molar-refractivity contribution in [2.75, 3.05) is 27.7 Å². The van der Waals surface area contributed by atoms with Gasteiger partial charge in [0.25, 0.3) is 0 Å². The van der Waals surface area contributed by atoms with Crippen molar-refractivity contribution in [3.63, 3.8) is 0 Å². The van der Waals surface area contributed by atoms with Crippen molar-refractivity contribution in [2.24, 2.45) is 4.99 Å². The Morgan fingerprint density at radius 1 is 1.27 bits per heavy atom. The average molecular weight is 301 g/mol. The van der Waals surface area contributed by atoms with E-state index < -0.39 is 0 Å². The molecule has 0 bridgehead atoms. The molecule has 0 aliphatic carbocycles. The van der Waals surface area contributed by atoms with Gasteiger partial charge in [-0.1, -0.05) is 12.1 Å². The Bertz CT molecular complexity index is 576. The molecular formula is C17H23N3O2. The maximum absolute atomic E-state index is 5.32. The minimum atomic E-state index is 0.782. The van der Waals surface area contributed by atoms with Gasteiger partial charge in [0.15, 0.2) is 5.96 Å². The van der Waals surface area contributed by atoms with Gasteiger partial charge in [0.1, 0.15) is 11.5 Å². The van der Waals surface area contributed by atoms with Crippen LogP contribution in [0.5, 0.6) is 5.75 Å². The van der Waals surface area contributed by atoms with Crippen LogP contribution in [-0.2, 0) is 13.0 Å². The molecule has 1 aromatic carbocycles. The lowest BCUT2D eigenvalue weighted by atomic mass is 10.2. The van der Waals surface area contributed by atoms with Gasteiger partial charge in [-0.15, -0.1) is 0 Å². The Balaban J connectivity index is 1.83. The molecular weight excluding hydrogens is 278 g/mol. The number of ether oxygens (including phenoxy) is 1. The second-order valence-corrected chi connectivity index (χ2v) is 5.01. The van der Waals surface area contributed by atoms with Crippen LogP contribution in [0.25, 0.3) is 0 Å². The average Bonchev–Trinajstić information content (AvgIpc) is 3.05. The van der Waals surface area contributed by atoms with Crippen LogP contribution in [0.4, 0.5) is 0 Å². The summed E-state index contributed by atoms with van der Waals surface area (Å²) in [5.74, 6) is 2.70. The highest BCUT2D eigenvalue weighted by Crippen LogP contribution is 2.12. The third-order valence-corrected chi connectivity index (χ3v) is 3.39. The van der Waals surface area contributed by atoms with Gasteiger partial charge in [-0.05, 0) is 29.8 Å². The third-order valence-electron chi connectivity index (χ3n) is 3.39. The van der Waals surface area contributed by atoms with Crippen molar-refractivity contribution in [3.8, 4) is 5.75 Å². The minimum absolute atomic E-state index is 0.782. The van der Waals surface area contributed by atoms with Gasteiger partial charge in [0, 0.05) is 33.6 Å². The van der Waals surface area contributed by atoms with Gasteiger partial charge in [-0.2, -0.15) is 0 Å². The van der Waals surface area contributed by atoms with Gasteiger partial charge < -0.3 is 19.4 Å². The highest BCUT2D eigenvalue weighted by Gasteiger charge is 2.07. The molecule has 2 aromatic rings. The fraction of sp³-hybridized carbons (Fsp3) is 0.353. The van der Waals surface area contributed by atoms with E-state index in [0.29, 0.717) is 0 Å². The normalized spacial score (nSPS) is 11.3. The lowest BCUT2D eigenvalue weighted by molar-refractivity contribution is 0.414. The van der Waals surface area contributed by atoms with E-state index in [1.54, 1.807) is 20.4 Å². The highest BCUT2D eigenvalue weighted by molar-refractivity contribution is 5.79. The monoisotopic (exact) mass is 301 g/mol. The molecule has 5 nitrogen and oxygen atoms in total. The number of aliphatic imine (C=N–C) groups is 1. The van der Waals surface area contributed by atoms with E-state index in [1.807, 2.05) is 31.3 Å². The van der Waals surface area contributed by atoms with Crippen molar-refractivity contribution < 1.29 is 9.15 Å². The fourth-order valence-corrected chi connectivity index (χ4v) is 2.22. The molecule has 0 radical (unpaired) electrons. The minimum Gasteiger partial charge on any atom is -0.497 e. The molecule has 0 fully saturated rings. The molecule has 1 N–H and O–H groups in total. The van der Waals surface area contributed by atoms with E-state index in [9.17, 15) is 0 Å². The number of nitrogens with one attached hydrogen (secondary N) is 1. The summed E-state index contributed by atoms with van der Waals surface area (Å²) in [5, 5.41) is 3.34. The summed E-state index contributed by atoms with van der Waals surface area (Å²) in [5.41, 5.74) is 1.21. The van der Waals surface area contributed by atoms with E-state index in [2.05, 4.69) is 27.3 Å². The number of furan rings is 1. The molecule has 1 aromatic heterocycles. The van der Waals surface area contributed by atoms with Crippen LogP contribution in [0.15, 0.2) is 52.1 Å².